The predicted molar refractivity (Wildman–Crippen MR) is 66.6 cm³/mol. The van der Waals surface area contributed by atoms with Crippen LogP contribution in [0.15, 0.2) is 0 Å². The molecule has 2 aliphatic rings. The Bertz CT molecular complexity index is 327. The minimum absolute atomic E-state index is 0.0311. The first-order valence-corrected chi connectivity index (χ1v) is 7.48. The Morgan fingerprint density at radius 1 is 1.29 bits per heavy atom. The first-order chi connectivity index (χ1) is 7.98. The van der Waals surface area contributed by atoms with E-state index in [0.717, 1.165) is 19.3 Å². The molecule has 1 heterocycles. The summed E-state index contributed by atoms with van der Waals surface area (Å²) in [6.45, 7) is 2.28. The molecule has 3 nitrogen and oxygen atoms in total. The average Bonchev–Trinajstić information content (AvgIpc) is 2.39. The first kappa shape index (κ1) is 13.1. The molecule has 0 aromatic heterocycles. The van der Waals surface area contributed by atoms with Gasteiger partial charge in [0.2, 0.25) is 0 Å². The Labute approximate surface area is 112 Å². The molecule has 1 saturated heterocycles. The van der Waals surface area contributed by atoms with E-state index in [2.05, 4.69) is 29.1 Å². The summed E-state index contributed by atoms with van der Waals surface area (Å²) in [6, 6.07) is 0. The van der Waals surface area contributed by atoms with Crippen molar-refractivity contribution in [2.75, 3.05) is 0 Å². The molecule has 17 heavy (non-hydrogen) atoms. The SMILES string of the molecule is CC1([As])CCCCC(C2CCC(=O)NC2=O)C1. The van der Waals surface area contributed by atoms with Crippen LogP contribution in [0, 0.1) is 11.8 Å². The summed E-state index contributed by atoms with van der Waals surface area (Å²) >= 11 is 2.80. The van der Waals surface area contributed by atoms with Gasteiger partial charge in [-0.15, -0.1) is 0 Å². The number of carbonyl (C=O) groups excluding carboxylic acids is 2. The van der Waals surface area contributed by atoms with E-state index in [9.17, 15) is 9.59 Å². The van der Waals surface area contributed by atoms with Crippen LogP contribution in [-0.4, -0.2) is 28.7 Å². The van der Waals surface area contributed by atoms with E-state index in [1.807, 2.05) is 0 Å². The number of hydrogen-bond donors (Lipinski definition) is 1. The summed E-state index contributed by atoms with van der Waals surface area (Å²) in [6.07, 6.45) is 7.21. The van der Waals surface area contributed by atoms with Gasteiger partial charge < -0.3 is 0 Å². The predicted octanol–water partition coefficient (Wildman–Crippen LogP) is 1.97. The maximum absolute atomic E-state index is 11.9. The molecule has 3 atom stereocenters. The fraction of sp³-hybridized carbons (Fsp3) is 0.846. The Balaban J connectivity index is 2.05. The standard InChI is InChI=1S/C13H20AsNO2/c1-13(14)7-3-2-4-9(8-13)10-5-6-11(16)15-12(10)17/h9-10H,2-8H2,1H3,(H,15,16,17). The first-order valence-electron chi connectivity index (χ1n) is 6.54. The molecule has 0 aromatic carbocycles. The third kappa shape index (κ3) is 3.34. The molecule has 2 amide bonds. The third-order valence-corrected chi connectivity index (χ3v) is 4.95. The molecule has 1 saturated carbocycles. The summed E-state index contributed by atoms with van der Waals surface area (Å²) in [7, 11) is 0. The van der Waals surface area contributed by atoms with E-state index in [1.54, 1.807) is 0 Å². The number of nitrogens with one attached hydrogen (secondary N) is 1. The van der Waals surface area contributed by atoms with E-state index < -0.39 is 0 Å². The van der Waals surface area contributed by atoms with Gasteiger partial charge in [-0.2, -0.15) is 0 Å². The Kier molecular flexibility index (Phi) is 3.97. The van der Waals surface area contributed by atoms with Crippen LogP contribution in [0.5, 0.6) is 0 Å². The van der Waals surface area contributed by atoms with Crippen LogP contribution >= 0.6 is 0 Å². The number of amides is 2. The Morgan fingerprint density at radius 3 is 2.76 bits per heavy atom. The summed E-state index contributed by atoms with van der Waals surface area (Å²) in [4.78, 5) is 23.1. The minimum atomic E-state index is -0.102. The second kappa shape index (κ2) is 5.14. The van der Waals surface area contributed by atoms with E-state index >= 15 is 0 Å². The van der Waals surface area contributed by atoms with Crippen molar-refractivity contribution in [3.05, 3.63) is 0 Å². The van der Waals surface area contributed by atoms with Crippen molar-refractivity contribution < 1.29 is 9.59 Å². The van der Waals surface area contributed by atoms with Crippen LogP contribution in [-0.2, 0) is 9.59 Å². The fourth-order valence-corrected chi connectivity index (χ4v) is 4.01. The molecular formula is C13H20AsNO2. The summed E-state index contributed by atoms with van der Waals surface area (Å²) in [5.74, 6) is 0.388. The Morgan fingerprint density at radius 2 is 2.06 bits per heavy atom. The van der Waals surface area contributed by atoms with Gasteiger partial charge >= 0.3 is 111 Å². The molecule has 1 aliphatic carbocycles. The van der Waals surface area contributed by atoms with Crippen LogP contribution in [0.25, 0.3) is 0 Å². The quantitative estimate of drug-likeness (QED) is 0.457. The average molecular weight is 297 g/mol. The molecule has 2 radical (unpaired) electrons. The van der Waals surface area contributed by atoms with Gasteiger partial charge in [-0.25, -0.2) is 0 Å². The number of rotatable bonds is 1. The van der Waals surface area contributed by atoms with E-state index in [1.165, 1.54) is 19.3 Å². The molecule has 0 spiro atoms. The van der Waals surface area contributed by atoms with E-state index in [-0.39, 0.29) is 21.9 Å². The molecule has 0 bridgehead atoms. The van der Waals surface area contributed by atoms with Gasteiger partial charge in [0.25, 0.3) is 0 Å². The molecule has 1 aliphatic heterocycles. The zero-order chi connectivity index (χ0) is 12.5. The van der Waals surface area contributed by atoms with Crippen molar-refractivity contribution >= 4 is 28.7 Å². The summed E-state index contributed by atoms with van der Waals surface area (Å²) in [5, 5.41) is 2.49. The number of hydrogen-bond acceptors (Lipinski definition) is 2. The Hall–Kier alpha value is -0.302. The molecule has 3 unspecified atom stereocenters. The van der Waals surface area contributed by atoms with Crippen molar-refractivity contribution in [2.24, 2.45) is 11.8 Å². The fourth-order valence-electron chi connectivity index (χ4n) is 3.18. The number of piperidine rings is 1. The number of imide groups is 1. The molecular weight excluding hydrogens is 277 g/mol. The monoisotopic (exact) mass is 297 g/mol. The van der Waals surface area contributed by atoms with Crippen molar-refractivity contribution in [1.29, 1.82) is 0 Å². The van der Waals surface area contributed by atoms with Gasteiger partial charge in [0.1, 0.15) is 0 Å². The van der Waals surface area contributed by atoms with Crippen molar-refractivity contribution in [3.63, 3.8) is 0 Å². The molecule has 94 valence electrons. The topological polar surface area (TPSA) is 46.2 Å². The zero-order valence-electron chi connectivity index (χ0n) is 10.4. The van der Waals surface area contributed by atoms with Crippen LogP contribution in [0.4, 0.5) is 0 Å². The molecule has 0 aromatic rings. The molecule has 2 fully saturated rings. The van der Waals surface area contributed by atoms with Crippen LogP contribution in [0.2, 0.25) is 4.20 Å². The van der Waals surface area contributed by atoms with Gasteiger partial charge in [-0.05, 0) is 0 Å². The van der Waals surface area contributed by atoms with Gasteiger partial charge in [0.05, 0.1) is 0 Å². The van der Waals surface area contributed by atoms with Crippen molar-refractivity contribution in [3.8, 4) is 0 Å². The van der Waals surface area contributed by atoms with Crippen LogP contribution < -0.4 is 5.32 Å². The summed E-state index contributed by atoms with van der Waals surface area (Å²) < 4.78 is 0.288. The molecule has 4 heteroatoms. The van der Waals surface area contributed by atoms with Crippen molar-refractivity contribution in [2.45, 2.75) is 56.1 Å². The van der Waals surface area contributed by atoms with Crippen molar-refractivity contribution in [1.82, 2.24) is 5.32 Å². The third-order valence-electron chi connectivity index (χ3n) is 4.09. The molecule has 1 N–H and O–H groups in total. The van der Waals surface area contributed by atoms with Gasteiger partial charge in [-0.3, -0.25) is 0 Å². The van der Waals surface area contributed by atoms with E-state index in [4.69, 9.17) is 0 Å². The normalized spacial score (nSPS) is 39.6. The zero-order valence-corrected chi connectivity index (χ0v) is 12.2. The van der Waals surface area contributed by atoms with Gasteiger partial charge in [-0.1, -0.05) is 0 Å². The van der Waals surface area contributed by atoms with Crippen LogP contribution in [0.3, 0.4) is 0 Å². The number of carbonyl (C=O) groups is 2. The summed E-state index contributed by atoms with van der Waals surface area (Å²) in [5.41, 5.74) is 0. The van der Waals surface area contributed by atoms with Gasteiger partial charge in [0.15, 0.2) is 0 Å². The second-order valence-corrected chi connectivity index (χ2v) is 8.03. The van der Waals surface area contributed by atoms with Crippen LogP contribution in [0.1, 0.15) is 51.9 Å². The molecule has 2 rings (SSSR count). The maximum atomic E-state index is 11.9. The van der Waals surface area contributed by atoms with Gasteiger partial charge in [0, 0.05) is 0 Å². The second-order valence-electron chi connectivity index (χ2n) is 5.76. The van der Waals surface area contributed by atoms with E-state index in [0.29, 0.717) is 12.3 Å².